The Hall–Kier alpha value is -3.28. The van der Waals surface area contributed by atoms with Gasteiger partial charge in [-0.05, 0) is 23.8 Å². The van der Waals surface area contributed by atoms with Crippen molar-refractivity contribution in [3.8, 4) is 0 Å². The second-order valence-electron chi connectivity index (χ2n) is 4.81. The molecule has 6 heteroatoms. The summed E-state index contributed by atoms with van der Waals surface area (Å²) in [6, 6.07) is 11.3. The lowest BCUT2D eigenvalue weighted by molar-refractivity contribution is 0.815. The molecule has 22 heavy (non-hydrogen) atoms. The summed E-state index contributed by atoms with van der Waals surface area (Å²) in [5.41, 5.74) is 2.63. The third kappa shape index (κ3) is 1.98. The molecule has 6 nitrogen and oxygen atoms in total. The molecule has 106 valence electrons. The Kier molecular flexibility index (Phi) is 2.79. The van der Waals surface area contributed by atoms with E-state index in [1.165, 1.54) is 11.0 Å². The van der Waals surface area contributed by atoms with Crippen molar-refractivity contribution in [2.75, 3.05) is 0 Å². The van der Waals surface area contributed by atoms with Crippen LogP contribution >= 0.6 is 0 Å². The van der Waals surface area contributed by atoms with E-state index in [1.807, 2.05) is 36.4 Å². The van der Waals surface area contributed by atoms with Crippen LogP contribution in [0.3, 0.4) is 0 Å². The zero-order valence-corrected chi connectivity index (χ0v) is 11.5. The van der Waals surface area contributed by atoms with Gasteiger partial charge in [0, 0.05) is 23.3 Å². The van der Waals surface area contributed by atoms with E-state index in [1.54, 1.807) is 18.6 Å². The fourth-order valence-electron chi connectivity index (χ4n) is 2.36. The minimum Gasteiger partial charge on any atom is -0.349 e. The number of para-hydroxylation sites is 1. The highest BCUT2D eigenvalue weighted by Gasteiger charge is 2.09. The molecule has 4 aromatic rings. The van der Waals surface area contributed by atoms with Crippen LogP contribution in [0.25, 0.3) is 21.9 Å². The number of rotatable bonds is 2. The molecule has 0 saturated carbocycles. The number of H-pyrrole nitrogens is 1. The summed E-state index contributed by atoms with van der Waals surface area (Å²) in [7, 11) is 0. The molecule has 1 N–H and O–H groups in total. The van der Waals surface area contributed by atoms with Crippen molar-refractivity contribution in [2.45, 2.75) is 0 Å². The Labute approximate surface area is 124 Å². The summed E-state index contributed by atoms with van der Waals surface area (Å²) in [5.74, 6) is 0. The van der Waals surface area contributed by atoms with E-state index in [0.717, 1.165) is 16.5 Å². The second-order valence-corrected chi connectivity index (χ2v) is 4.81. The van der Waals surface area contributed by atoms with Gasteiger partial charge in [0.15, 0.2) is 0 Å². The molecule has 0 atom stereocenters. The van der Waals surface area contributed by atoms with Crippen LogP contribution in [-0.4, -0.2) is 25.8 Å². The first-order chi connectivity index (χ1) is 10.8. The molecule has 1 aromatic carbocycles. The minimum atomic E-state index is -0.230. The Morgan fingerprint density at radius 3 is 2.82 bits per heavy atom. The van der Waals surface area contributed by atoms with Crippen LogP contribution in [-0.2, 0) is 0 Å². The highest BCUT2D eigenvalue weighted by Crippen LogP contribution is 2.20. The molecule has 0 unspecified atom stereocenters. The maximum atomic E-state index is 12.5. The first kappa shape index (κ1) is 12.5. The SMILES string of the molecule is O=c1c2[nH]c3ccccc3c2ncn1/N=C/c1ccncc1. The summed E-state index contributed by atoms with van der Waals surface area (Å²) < 4.78 is 1.22. The van der Waals surface area contributed by atoms with Crippen LogP contribution in [0.2, 0.25) is 0 Å². The first-order valence-electron chi connectivity index (χ1n) is 6.75. The molecule has 0 aliphatic heterocycles. The van der Waals surface area contributed by atoms with E-state index in [0.29, 0.717) is 11.0 Å². The van der Waals surface area contributed by atoms with E-state index in [2.05, 4.69) is 20.1 Å². The van der Waals surface area contributed by atoms with Gasteiger partial charge in [-0.1, -0.05) is 18.2 Å². The highest BCUT2D eigenvalue weighted by atomic mass is 16.1. The summed E-state index contributed by atoms with van der Waals surface area (Å²) in [6.07, 6.45) is 6.37. The van der Waals surface area contributed by atoms with Gasteiger partial charge < -0.3 is 4.98 Å². The molecule has 0 aliphatic rings. The molecule has 3 aromatic heterocycles. The molecule has 0 fully saturated rings. The number of aromatic nitrogens is 4. The van der Waals surface area contributed by atoms with Crippen LogP contribution in [0.5, 0.6) is 0 Å². The smallest absolute Gasteiger partial charge is 0.298 e. The Morgan fingerprint density at radius 1 is 1.14 bits per heavy atom. The molecule has 3 heterocycles. The fraction of sp³-hybridized carbons (Fsp3) is 0. The zero-order chi connectivity index (χ0) is 14.9. The largest absolute Gasteiger partial charge is 0.349 e. The van der Waals surface area contributed by atoms with Crippen LogP contribution in [0.1, 0.15) is 5.56 Å². The predicted molar refractivity (Wildman–Crippen MR) is 85.1 cm³/mol. The van der Waals surface area contributed by atoms with Gasteiger partial charge in [-0.2, -0.15) is 9.78 Å². The number of hydrogen-bond donors (Lipinski definition) is 1. The van der Waals surface area contributed by atoms with Crippen LogP contribution in [0.4, 0.5) is 0 Å². The zero-order valence-electron chi connectivity index (χ0n) is 11.5. The third-order valence-electron chi connectivity index (χ3n) is 3.43. The topological polar surface area (TPSA) is 75.9 Å². The van der Waals surface area contributed by atoms with E-state index in [4.69, 9.17) is 0 Å². The van der Waals surface area contributed by atoms with Crippen molar-refractivity contribution < 1.29 is 0 Å². The standard InChI is InChI=1S/C16H11N5O/c22-16-15-14(12-3-1-2-4-13(12)20-15)18-10-21(16)19-9-11-5-7-17-8-6-11/h1-10,20H/b19-9+. The van der Waals surface area contributed by atoms with Crippen molar-refractivity contribution in [3.05, 3.63) is 71.0 Å². The summed E-state index contributed by atoms with van der Waals surface area (Å²) >= 11 is 0. The number of hydrogen-bond acceptors (Lipinski definition) is 4. The van der Waals surface area contributed by atoms with Gasteiger partial charge in [-0.3, -0.25) is 9.78 Å². The van der Waals surface area contributed by atoms with Crippen molar-refractivity contribution in [3.63, 3.8) is 0 Å². The number of benzene rings is 1. The number of aromatic amines is 1. The molecular formula is C16H11N5O. The van der Waals surface area contributed by atoms with Gasteiger partial charge in [0.05, 0.1) is 6.21 Å². The van der Waals surface area contributed by atoms with Gasteiger partial charge in [0.1, 0.15) is 17.4 Å². The van der Waals surface area contributed by atoms with Crippen LogP contribution < -0.4 is 5.56 Å². The third-order valence-corrected chi connectivity index (χ3v) is 3.43. The van der Waals surface area contributed by atoms with Crippen molar-refractivity contribution >= 4 is 28.2 Å². The van der Waals surface area contributed by atoms with Gasteiger partial charge in [-0.25, -0.2) is 4.98 Å². The van der Waals surface area contributed by atoms with Gasteiger partial charge in [0.25, 0.3) is 5.56 Å². The van der Waals surface area contributed by atoms with Gasteiger partial charge in [0.2, 0.25) is 0 Å². The molecule has 0 saturated heterocycles. The van der Waals surface area contributed by atoms with E-state index >= 15 is 0 Å². The highest BCUT2D eigenvalue weighted by molar-refractivity contribution is 6.04. The van der Waals surface area contributed by atoms with E-state index in [-0.39, 0.29) is 5.56 Å². The Bertz CT molecular complexity index is 1050. The monoisotopic (exact) mass is 289 g/mol. The number of fused-ring (bicyclic) bond motifs is 3. The summed E-state index contributed by atoms with van der Waals surface area (Å²) in [6.45, 7) is 0. The predicted octanol–water partition coefficient (Wildman–Crippen LogP) is 2.16. The molecular weight excluding hydrogens is 278 g/mol. The molecule has 0 bridgehead atoms. The fourth-order valence-corrected chi connectivity index (χ4v) is 2.36. The summed E-state index contributed by atoms with van der Waals surface area (Å²) in [5, 5.41) is 5.10. The molecule has 0 aliphatic carbocycles. The number of nitrogens with zero attached hydrogens (tertiary/aromatic N) is 4. The minimum absolute atomic E-state index is 0.230. The van der Waals surface area contributed by atoms with Gasteiger partial charge in [-0.15, -0.1) is 0 Å². The lowest BCUT2D eigenvalue weighted by atomic mass is 10.2. The lowest BCUT2D eigenvalue weighted by Crippen LogP contribution is -2.17. The number of pyridine rings is 1. The molecule has 4 rings (SSSR count). The Balaban J connectivity index is 1.86. The average Bonchev–Trinajstić information content (AvgIpc) is 2.95. The Morgan fingerprint density at radius 2 is 1.95 bits per heavy atom. The van der Waals surface area contributed by atoms with E-state index < -0.39 is 0 Å². The average molecular weight is 289 g/mol. The first-order valence-corrected chi connectivity index (χ1v) is 6.75. The maximum absolute atomic E-state index is 12.5. The summed E-state index contributed by atoms with van der Waals surface area (Å²) in [4.78, 5) is 23.9. The molecule has 0 spiro atoms. The van der Waals surface area contributed by atoms with Crippen molar-refractivity contribution in [1.29, 1.82) is 0 Å². The van der Waals surface area contributed by atoms with Crippen LogP contribution in [0.15, 0.2) is 65.0 Å². The molecule has 0 amide bonds. The van der Waals surface area contributed by atoms with Crippen molar-refractivity contribution in [2.24, 2.45) is 5.10 Å². The quantitative estimate of drug-likeness (QED) is 0.574. The maximum Gasteiger partial charge on any atom is 0.298 e. The van der Waals surface area contributed by atoms with E-state index in [9.17, 15) is 4.79 Å². The molecule has 0 radical (unpaired) electrons. The normalized spacial score (nSPS) is 11.6. The lowest BCUT2D eigenvalue weighted by Gasteiger charge is -1.97. The van der Waals surface area contributed by atoms with Crippen LogP contribution in [0, 0.1) is 0 Å². The van der Waals surface area contributed by atoms with Gasteiger partial charge >= 0.3 is 0 Å². The number of nitrogens with one attached hydrogen (secondary N) is 1. The van der Waals surface area contributed by atoms with Crippen molar-refractivity contribution in [1.82, 2.24) is 19.6 Å². The second kappa shape index (κ2) is 4.92.